The molecule has 0 bridgehead atoms. The summed E-state index contributed by atoms with van der Waals surface area (Å²) in [6.45, 7) is 1.94. The second-order valence-electron chi connectivity index (χ2n) is 7.64. The van der Waals surface area contributed by atoms with Gasteiger partial charge < -0.3 is 19.7 Å². The Bertz CT molecular complexity index is 834. The van der Waals surface area contributed by atoms with E-state index in [9.17, 15) is 9.59 Å². The van der Waals surface area contributed by atoms with Gasteiger partial charge in [0.2, 0.25) is 5.91 Å². The lowest BCUT2D eigenvalue weighted by Gasteiger charge is -2.29. The molecule has 160 valence electrons. The largest absolute Gasteiger partial charge is 0.497 e. The third kappa shape index (κ3) is 5.99. The lowest BCUT2D eigenvalue weighted by Crippen LogP contribution is -2.50. The molecule has 2 aromatic rings. The second-order valence-corrected chi connectivity index (χ2v) is 7.64. The van der Waals surface area contributed by atoms with Crippen molar-refractivity contribution in [3.05, 3.63) is 60.2 Å². The smallest absolute Gasteiger partial charge is 0.261 e. The zero-order valence-corrected chi connectivity index (χ0v) is 17.7. The molecule has 1 saturated carbocycles. The Morgan fingerprint density at radius 3 is 2.47 bits per heavy atom. The Labute approximate surface area is 178 Å². The maximum absolute atomic E-state index is 13.0. The van der Waals surface area contributed by atoms with E-state index in [1.165, 1.54) is 0 Å². The number of rotatable bonds is 9. The molecule has 0 aliphatic heterocycles. The van der Waals surface area contributed by atoms with Crippen LogP contribution in [0.15, 0.2) is 54.6 Å². The number of ether oxygens (including phenoxy) is 2. The molecule has 2 amide bonds. The standard InChI is InChI=1S/C24H30N2O4/c1-18(24(28)25-20-10-6-7-11-20)26(16-19-9-8-14-22(15-19)29-2)23(27)17-30-21-12-4-3-5-13-21/h3-5,8-9,12-15,18,20H,6-7,10-11,16-17H2,1-2H3,(H,25,28)/t18-/m1/s1. The van der Waals surface area contributed by atoms with E-state index >= 15 is 0 Å². The quantitative estimate of drug-likeness (QED) is 0.687. The van der Waals surface area contributed by atoms with Gasteiger partial charge in [0, 0.05) is 12.6 Å². The van der Waals surface area contributed by atoms with Crippen LogP contribution < -0.4 is 14.8 Å². The molecule has 6 heteroatoms. The second kappa shape index (κ2) is 10.7. The van der Waals surface area contributed by atoms with Gasteiger partial charge in [-0.05, 0) is 49.6 Å². The number of amides is 2. The molecule has 30 heavy (non-hydrogen) atoms. The molecule has 1 aliphatic carbocycles. The first kappa shape index (κ1) is 21.7. The number of hydrogen-bond acceptors (Lipinski definition) is 4. The summed E-state index contributed by atoms with van der Waals surface area (Å²) >= 11 is 0. The zero-order chi connectivity index (χ0) is 21.3. The van der Waals surface area contributed by atoms with Crippen molar-refractivity contribution >= 4 is 11.8 Å². The van der Waals surface area contributed by atoms with E-state index in [2.05, 4.69) is 5.32 Å². The summed E-state index contributed by atoms with van der Waals surface area (Å²) in [4.78, 5) is 27.5. The van der Waals surface area contributed by atoms with Crippen molar-refractivity contribution in [2.75, 3.05) is 13.7 Å². The molecule has 3 rings (SSSR count). The Morgan fingerprint density at radius 1 is 1.07 bits per heavy atom. The third-order valence-corrected chi connectivity index (χ3v) is 5.46. The topological polar surface area (TPSA) is 67.9 Å². The number of carbonyl (C=O) groups is 2. The maximum atomic E-state index is 13.0. The van der Waals surface area contributed by atoms with Crippen LogP contribution in [0.1, 0.15) is 38.2 Å². The highest BCUT2D eigenvalue weighted by Crippen LogP contribution is 2.19. The fourth-order valence-electron chi connectivity index (χ4n) is 3.69. The lowest BCUT2D eigenvalue weighted by molar-refractivity contribution is -0.142. The highest BCUT2D eigenvalue weighted by Gasteiger charge is 2.28. The number of hydrogen-bond donors (Lipinski definition) is 1. The first-order chi connectivity index (χ1) is 14.6. The fraction of sp³-hybridized carbons (Fsp3) is 0.417. The van der Waals surface area contributed by atoms with E-state index < -0.39 is 6.04 Å². The minimum absolute atomic E-state index is 0.127. The molecule has 0 saturated heterocycles. The first-order valence-corrected chi connectivity index (χ1v) is 10.5. The molecule has 0 unspecified atom stereocenters. The zero-order valence-electron chi connectivity index (χ0n) is 17.7. The summed E-state index contributed by atoms with van der Waals surface area (Å²) < 4.78 is 10.9. The van der Waals surface area contributed by atoms with Crippen LogP contribution in [0.3, 0.4) is 0 Å². The van der Waals surface area contributed by atoms with Crippen LogP contribution in [-0.2, 0) is 16.1 Å². The van der Waals surface area contributed by atoms with Gasteiger partial charge in [-0.3, -0.25) is 9.59 Å². The molecule has 0 aromatic heterocycles. The van der Waals surface area contributed by atoms with E-state index in [-0.39, 0.29) is 24.5 Å². The highest BCUT2D eigenvalue weighted by molar-refractivity contribution is 5.88. The van der Waals surface area contributed by atoms with Crippen molar-refractivity contribution < 1.29 is 19.1 Å². The van der Waals surface area contributed by atoms with Crippen molar-refractivity contribution in [2.45, 2.75) is 51.2 Å². The Balaban J connectivity index is 1.72. The summed E-state index contributed by atoms with van der Waals surface area (Å²) in [6, 6.07) is 16.3. The van der Waals surface area contributed by atoms with Crippen LogP contribution in [0, 0.1) is 0 Å². The third-order valence-electron chi connectivity index (χ3n) is 5.46. The van der Waals surface area contributed by atoms with Gasteiger partial charge >= 0.3 is 0 Å². The Morgan fingerprint density at radius 2 is 1.77 bits per heavy atom. The van der Waals surface area contributed by atoms with Crippen LogP contribution in [0.4, 0.5) is 0 Å². The molecular formula is C24H30N2O4. The number of methoxy groups -OCH3 is 1. The summed E-state index contributed by atoms with van der Waals surface area (Å²) in [5, 5.41) is 3.10. The van der Waals surface area contributed by atoms with E-state index in [1.54, 1.807) is 31.1 Å². The Kier molecular flexibility index (Phi) is 7.71. The average Bonchev–Trinajstić information content (AvgIpc) is 3.29. The monoisotopic (exact) mass is 410 g/mol. The van der Waals surface area contributed by atoms with E-state index in [4.69, 9.17) is 9.47 Å². The first-order valence-electron chi connectivity index (χ1n) is 10.5. The molecule has 1 atom stereocenters. The van der Waals surface area contributed by atoms with Crippen molar-refractivity contribution in [1.29, 1.82) is 0 Å². The number of carbonyl (C=O) groups excluding carboxylic acids is 2. The number of nitrogens with one attached hydrogen (secondary N) is 1. The summed E-state index contributed by atoms with van der Waals surface area (Å²) in [5.41, 5.74) is 0.892. The number of benzene rings is 2. The van der Waals surface area contributed by atoms with Crippen molar-refractivity contribution in [3.63, 3.8) is 0 Å². The van der Waals surface area contributed by atoms with Gasteiger partial charge in [-0.1, -0.05) is 43.2 Å². The van der Waals surface area contributed by atoms with E-state index in [0.717, 1.165) is 31.2 Å². The van der Waals surface area contributed by atoms with Gasteiger partial charge in [0.25, 0.3) is 5.91 Å². The molecule has 0 heterocycles. The molecule has 1 aliphatic rings. The average molecular weight is 411 g/mol. The molecular weight excluding hydrogens is 380 g/mol. The molecule has 2 aromatic carbocycles. The predicted octanol–water partition coefficient (Wildman–Crippen LogP) is 3.55. The SMILES string of the molecule is COc1cccc(CN(C(=O)COc2ccccc2)[C@H](C)C(=O)NC2CCCC2)c1. The minimum Gasteiger partial charge on any atom is -0.497 e. The fourth-order valence-corrected chi connectivity index (χ4v) is 3.69. The molecule has 1 N–H and O–H groups in total. The van der Waals surface area contributed by atoms with Gasteiger partial charge in [-0.15, -0.1) is 0 Å². The Hall–Kier alpha value is -3.02. The summed E-state index contributed by atoms with van der Waals surface area (Å²) in [6.07, 6.45) is 4.27. The lowest BCUT2D eigenvalue weighted by atomic mass is 10.1. The van der Waals surface area contributed by atoms with Crippen molar-refractivity contribution in [2.24, 2.45) is 0 Å². The molecule has 6 nitrogen and oxygen atoms in total. The highest BCUT2D eigenvalue weighted by atomic mass is 16.5. The van der Waals surface area contributed by atoms with Gasteiger partial charge in [0.05, 0.1) is 7.11 Å². The summed E-state index contributed by atoms with van der Waals surface area (Å²) in [7, 11) is 1.60. The van der Waals surface area contributed by atoms with Crippen LogP contribution in [0.25, 0.3) is 0 Å². The van der Waals surface area contributed by atoms with Gasteiger partial charge in [0.15, 0.2) is 6.61 Å². The van der Waals surface area contributed by atoms with E-state index in [0.29, 0.717) is 18.0 Å². The maximum Gasteiger partial charge on any atom is 0.261 e. The number of para-hydroxylation sites is 1. The minimum atomic E-state index is -0.608. The van der Waals surface area contributed by atoms with Crippen LogP contribution in [-0.4, -0.2) is 42.5 Å². The van der Waals surface area contributed by atoms with E-state index in [1.807, 2.05) is 42.5 Å². The van der Waals surface area contributed by atoms with Crippen molar-refractivity contribution in [3.8, 4) is 11.5 Å². The van der Waals surface area contributed by atoms with Crippen LogP contribution in [0.5, 0.6) is 11.5 Å². The van der Waals surface area contributed by atoms with Gasteiger partial charge in [0.1, 0.15) is 17.5 Å². The normalized spacial score (nSPS) is 14.7. The van der Waals surface area contributed by atoms with Crippen LogP contribution in [0.2, 0.25) is 0 Å². The molecule has 0 radical (unpaired) electrons. The van der Waals surface area contributed by atoms with Gasteiger partial charge in [-0.2, -0.15) is 0 Å². The number of nitrogens with zero attached hydrogens (tertiary/aromatic N) is 1. The molecule has 0 spiro atoms. The van der Waals surface area contributed by atoms with Crippen LogP contribution >= 0.6 is 0 Å². The summed E-state index contributed by atoms with van der Waals surface area (Å²) in [5.74, 6) is 0.965. The van der Waals surface area contributed by atoms with Crippen molar-refractivity contribution in [1.82, 2.24) is 10.2 Å². The molecule has 1 fully saturated rings. The predicted molar refractivity (Wildman–Crippen MR) is 115 cm³/mol. The van der Waals surface area contributed by atoms with Gasteiger partial charge in [-0.25, -0.2) is 0 Å².